The van der Waals surface area contributed by atoms with Crippen molar-refractivity contribution in [2.24, 2.45) is 0 Å². The van der Waals surface area contributed by atoms with Crippen molar-refractivity contribution in [3.8, 4) is 0 Å². The lowest BCUT2D eigenvalue weighted by molar-refractivity contribution is -0.132. The topological polar surface area (TPSA) is 117 Å². The molecule has 0 bridgehead atoms. The number of amides is 4. The van der Waals surface area contributed by atoms with Gasteiger partial charge in [-0.2, -0.15) is 0 Å². The molecule has 4 rings (SSSR count). The maximum Gasteiger partial charge on any atom is 0.407 e. The second-order valence-corrected chi connectivity index (χ2v) is 16.7. The van der Waals surface area contributed by atoms with Crippen molar-refractivity contribution in [1.29, 1.82) is 0 Å². The molecule has 0 aliphatic heterocycles. The first-order valence-electron chi connectivity index (χ1n) is 24.0. The first-order valence-corrected chi connectivity index (χ1v) is 24.0. The summed E-state index contributed by atoms with van der Waals surface area (Å²) in [6.45, 7) is 4.52. The van der Waals surface area contributed by atoms with Gasteiger partial charge in [0.25, 0.3) is 0 Å². The van der Waals surface area contributed by atoms with Crippen LogP contribution in [0.25, 0.3) is 0 Å². The van der Waals surface area contributed by atoms with Crippen LogP contribution in [0.4, 0.5) is 9.59 Å². The summed E-state index contributed by atoms with van der Waals surface area (Å²) in [5, 5.41) is 5.66. The predicted molar refractivity (Wildman–Crippen MR) is 256 cm³/mol. The highest BCUT2D eigenvalue weighted by molar-refractivity contribution is 5.76. The summed E-state index contributed by atoms with van der Waals surface area (Å²) in [5.41, 5.74) is 4.24. The highest BCUT2D eigenvalue weighted by Gasteiger charge is 2.15. The Morgan fingerprint density at radius 2 is 0.656 bits per heavy atom. The summed E-state index contributed by atoms with van der Waals surface area (Å²) < 4.78 is 10.6. The smallest absolute Gasteiger partial charge is 0.407 e. The SMILES string of the molecule is O=C(NCCCCCCCC(=O)N(CCCCCCCCN(Cc1ccccc1)C(=O)CCCCCCCNC(=O)OCc1ccccc1)Cc1ccccc1)OCc1ccccc1. The number of nitrogens with one attached hydrogen (secondary N) is 2. The Morgan fingerprint density at radius 1 is 0.359 bits per heavy atom. The van der Waals surface area contributed by atoms with Crippen molar-refractivity contribution in [3.63, 3.8) is 0 Å². The van der Waals surface area contributed by atoms with Crippen LogP contribution >= 0.6 is 0 Å². The molecule has 4 amide bonds. The van der Waals surface area contributed by atoms with Crippen LogP contribution in [0.2, 0.25) is 0 Å². The predicted octanol–water partition coefficient (Wildman–Crippen LogP) is 11.9. The molecule has 0 saturated carbocycles. The van der Waals surface area contributed by atoms with Crippen LogP contribution in [-0.2, 0) is 45.4 Å². The molecule has 0 radical (unpaired) electrons. The van der Waals surface area contributed by atoms with E-state index >= 15 is 0 Å². The van der Waals surface area contributed by atoms with E-state index in [4.69, 9.17) is 9.47 Å². The van der Waals surface area contributed by atoms with Gasteiger partial charge in [0.1, 0.15) is 13.2 Å². The third-order valence-electron chi connectivity index (χ3n) is 11.3. The Morgan fingerprint density at radius 3 is 1.02 bits per heavy atom. The van der Waals surface area contributed by atoms with Gasteiger partial charge >= 0.3 is 12.2 Å². The maximum atomic E-state index is 13.4. The first-order chi connectivity index (χ1) is 31.5. The molecule has 0 aliphatic rings. The lowest BCUT2D eigenvalue weighted by atomic mass is 10.1. The van der Waals surface area contributed by atoms with E-state index in [1.54, 1.807) is 0 Å². The molecule has 0 saturated heterocycles. The fraction of sp³-hybridized carbons (Fsp3) is 0.481. The summed E-state index contributed by atoms with van der Waals surface area (Å²) in [4.78, 5) is 54.8. The van der Waals surface area contributed by atoms with Crippen molar-refractivity contribution in [2.75, 3.05) is 26.2 Å². The number of ether oxygens (including phenoxy) is 2. The monoisotopic (exact) mass is 875 g/mol. The van der Waals surface area contributed by atoms with Gasteiger partial charge in [-0.3, -0.25) is 9.59 Å². The highest BCUT2D eigenvalue weighted by atomic mass is 16.6. The number of alkyl carbamates (subject to hydrolysis) is 2. The van der Waals surface area contributed by atoms with E-state index in [2.05, 4.69) is 34.9 Å². The molecule has 10 heteroatoms. The Balaban J connectivity index is 1.05. The van der Waals surface area contributed by atoms with Crippen molar-refractivity contribution >= 4 is 24.0 Å². The molecule has 0 unspecified atom stereocenters. The molecule has 0 spiro atoms. The number of unbranched alkanes of at least 4 members (excludes halogenated alkanes) is 13. The van der Waals surface area contributed by atoms with Gasteiger partial charge in [0.2, 0.25) is 11.8 Å². The molecular formula is C54H74N4O6. The number of benzene rings is 4. The number of hydrogen-bond donors (Lipinski definition) is 2. The molecule has 0 atom stereocenters. The fourth-order valence-electron chi connectivity index (χ4n) is 7.61. The molecule has 4 aromatic carbocycles. The lowest BCUT2D eigenvalue weighted by Gasteiger charge is -2.23. The van der Waals surface area contributed by atoms with Gasteiger partial charge in [0.15, 0.2) is 0 Å². The molecule has 0 fully saturated rings. The number of carbonyl (C=O) groups is 4. The second kappa shape index (κ2) is 33.0. The molecule has 0 aromatic heterocycles. The van der Waals surface area contributed by atoms with Gasteiger partial charge in [0.05, 0.1) is 0 Å². The number of hydrogen-bond acceptors (Lipinski definition) is 6. The lowest BCUT2D eigenvalue weighted by Crippen LogP contribution is -2.31. The zero-order valence-corrected chi connectivity index (χ0v) is 38.3. The standard InChI is InChI=1S/C54H74N4O6/c59-51(37-23-5-3-7-25-39-55-53(61)63-45-49-33-19-13-20-34-49)57(43-47-29-15-11-16-30-47)41-27-9-1-2-10-28-42-58(44-48-31-17-12-18-32-48)52(60)38-24-6-4-8-26-40-56-54(62)64-46-50-35-21-14-22-36-50/h11-22,29-36H,1-10,23-28,37-46H2,(H,55,61)(H,56,62). The Bertz CT molecular complexity index is 1700. The molecule has 2 N–H and O–H groups in total. The van der Waals surface area contributed by atoms with Crippen LogP contribution in [0.15, 0.2) is 121 Å². The van der Waals surface area contributed by atoms with Crippen molar-refractivity contribution in [1.82, 2.24) is 20.4 Å². The fourth-order valence-corrected chi connectivity index (χ4v) is 7.61. The van der Waals surface area contributed by atoms with Crippen molar-refractivity contribution in [3.05, 3.63) is 144 Å². The Labute approximate surface area is 383 Å². The molecule has 10 nitrogen and oxygen atoms in total. The van der Waals surface area contributed by atoms with E-state index in [0.717, 1.165) is 138 Å². The third kappa shape index (κ3) is 23.7. The van der Waals surface area contributed by atoms with Crippen LogP contribution in [0.5, 0.6) is 0 Å². The van der Waals surface area contributed by atoms with E-state index < -0.39 is 0 Å². The van der Waals surface area contributed by atoms with Gasteiger partial charge in [-0.05, 0) is 60.8 Å². The van der Waals surface area contributed by atoms with Crippen LogP contribution in [0.1, 0.15) is 138 Å². The van der Waals surface area contributed by atoms with Gasteiger partial charge in [-0.25, -0.2) is 9.59 Å². The van der Waals surface area contributed by atoms with E-state index in [-0.39, 0.29) is 37.2 Å². The molecule has 4 aromatic rings. The van der Waals surface area contributed by atoms with Gasteiger partial charge < -0.3 is 29.9 Å². The maximum absolute atomic E-state index is 13.4. The van der Waals surface area contributed by atoms with Crippen molar-refractivity contribution in [2.45, 2.75) is 142 Å². The highest BCUT2D eigenvalue weighted by Crippen LogP contribution is 2.16. The number of nitrogens with zero attached hydrogens (tertiary/aromatic N) is 2. The minimum absolute atomic E-state index is 0.223. The quantitative estimate of drug-likeness (QED) is 0.0460. The average Bonchev–Trinajstić information content (AvgIpc) is 3.33. The van der Waals surface area contributed by atoms with Gasteiger partial charge in [0, 0.05) is 52.1 Å². The largest absolute Gasteiger partial charge is 0.445 e. The first kappa shape index (κ1) is 51.0. The minimum Gasteiger partial charge on any atom is -0.445 e. The third-order valence-corrected chi connectivity index (χ3v) is 11.3. The summed E-state index contributed by atoms with van der Waals surface area (Å²) in [6.07, 6.45) is 16.3. The van der Waals surface area contributed by atoms with Gasteiger partial charge in [-0.1, -0.05) is 186 Å². The second-order valence-electron chi connectivity index (χ2n) is 16.7. The van der Waals surface area contributed by atoms with Crippen LogP contribution < -0.4 is 10.6 Å². The Kier molecular flexibility index (Phi) is 26.3. The summed E-state index contributed by atoms with van der Waals surface area (Å²) in [7, 11) is 0. The average molecular weight is 875 g/mol. The molecule has 0 heterocycles. The van der Waals surface area contributed by atoms with Crippen LogP contribution in [0.3, 0.4) is 0 Å². The van der Waals surface area contributed by atoms with Crippen LogP contribution in [-0.4, -0.2) is 60.0 Å². The summed E-state index contributed by atoms with van der Waals surface area (Å²) in [5.74, 6) is 0.446. The normalized spacial score (nSPS) is 10.8. The minimum atomic E-state index is -0.388. The van der Waals surface area contributed by atoms with E-state index in [9.17, 15) is 19.2 Å². The molecular weight excluding hydrogens is 801 g/mol. The number of carbonyl (C=O) groups excluding carboxylic acids is 4. The van der Waals surface area contributed by atoms with Gasteiger partial charge in [-0.15, -0.1) is 0 Å². The summed E-state index contributed by atoms with van der Waals surface area (Å²) >= 11 is 0. The van der Waals surface area contributed by atoms with E-state index in [1.807, 2.05) is 107 Å². The van der Waals surface area contributed by atoms with E-state index in [0.29, 0.717) is 39.0 Å². The summed E-state index contributed by atoms with van der Waals surface area (Å²) in [6, 6.07) is 39.8. The zero-order chi connectivity index (χ0) is 45.1. The van der Waals surface area contributed by atoms with Crippen LogP contribution in [0, 0.1) is 0 Å². The van der Waals surface area contributed by atoms with Crippen molar-refractivity contribution < 1.29 is 28.7 Å². The molecule has 0 aliphatic carbocycles. The number of rotatable bonds is 33. The molecule has 346 valence electrons. The zero-order valence-electron chi connectivity index (χ0n) is 38.3. The molecule has 64 heavy (non-hydrogen) atoms. The Hall–Kier alpha value is -5.64. The van der Waals surface area contributed by atoms with E-state index in [1.165, 1.54) is 0 Å².